The highest BCUT2D eigenvalue weighted by Gasteiger charge is 2.34. The van der Waals surface area contributed by atoms with Gasteiger partial charge in [0.25, 0.3) is 5.91 Å². The maximum absolute atomic E-state index is 14.6. The molecule has 2 amide bonds. The lowest BCUT2D eigenvalue weighted by Crippen LogP contribution is -2.57. The summed E-state index contributed by atoms with van der Waals surface area (Å²) in [6.07, 6.45) is 4.73. The van der Waals surface area contributed by atoms with Crippen molar-refractivity contribution in [1.82, 2.24) is 24.1 Å². The summed E-state index contributed by atoms with van der Waals surface area (Å²) in [6.45, 7) is 10.8. The predicted molar refractivity (Wildman–Crippen MR) is 149 cm³/mol. The number of aliphatic hydroxyl groups excluding tert-OH is 1. The average Bonchev–Trinajstić information content (AvgIpc) is 3.50. The first kappa shape index (κ1) is 27.4. The molecule has 0 radical (unpaired) electrons. The van der Waals surface area contributed by atoms with E-state index in [0.29, 0.717) is 48.6 Å². The molecule has 1 fully saturated rings. The van der Waals surface area contributed by atoms with Gasteiger partial charge in [-0.15, -0.1) is 0 Å². The molecular formula is C28H34FN7O4. The van der Waals surface area contributed by atoms with E-state index in [1.807, 2.05) is 40.0 Å². The Bertz CT molecular complexity index is 1590. The fourth-order valence-corrected chi connectivity index (χ4v) is 5.00. The third kappa shape index (κ3) is 5.31. The van der Waals surface area contributed by atoms with E-state index >= 15 is 0 Å². The van der Waals surface area contributed by atoms with Gasteiger partial charge < -0.3 is 24.5 Å². The van der Waals surface area contributed by atoms with Crippen LogP contribution in [0.1, 0.15) is 43.7 Å². The van der Waals surface area contributed by atoms with Crippen LogP contribution in [0.25, 0.3) is 16.6 Å². The van der Waals surface area contributed by atoms with E-state index < -0.39 is 29.5 Å². The Morgan fingerprint density at radius 3 is 2.67 bits per heavy atom. The molecule has 4 aromatic rings. The maximum Gasteiger partial charge on any atom is 0.410 e. The molecule has 0 spiro atoms. The lowest BCUT2D eigenvalue weighted by molar-refractivity contribution is 0.00705. The SMILES string of the molecule is CCn1cc2c(N3CCN(C(=O)OC(C)(C)C)[C@@H](CO)C3)ccc(C(=O)Nc3cc(F)c4nc(C)cn4c3)c2n1. The van der Waals surface area contributed by atoms with Gasteiger partial charge in [0.15, 0.2) is 11.5 Å². The van der Waals surface area contributed by atoms with Crippen molar-refractivity contribution in [3.8, 4) is 0 Å². The molecule has 2 N–H and O–H groups in total. The van der Waals surface area contributed by atoms with Crippen LogP contribution >= 0.6 is 0 Å². The summed E-state index contributed by atoms with van der Waals surface area (Å²) in [4.78, 5) is 33.9. The van der Waals surface area contributed by atoms with E-state index in [2.05, 4.69) is 20.3 Å². The molecule has 212 valence electrons. The molecule has 1 aliphatic heterocycles. The summed E-state index contributed by atoms with van der Waals surface area (Å²) < 4.78 is 23.4. The molecular weight excluding hydrogens is 517 g/mol. The van der Waals surface area contributed by atoms with E-state index in [9.17, 15) is 19.1 Å². The topological polar surface area (TPSA) is 117 Å². The minimum Gasteiger partial charge on any atom is -0.444 e. The quantitative estimate of drug-likeness (QED) is 0.387. The molecule has 1 aromatic carbocycles. The average molecular weight is 552 g/mol. The zero-order chi connectivity index (χ0) is 28.8. The van der Waals surface area contributed by atoms with Crippen LogP contribution in [0.3, 0.4) is 0 Å². The Balaban J connectivity index is 1.43. The minimum atomic E-state index is -0.638. The molecule has 0 saturated carbocycles. The first-order chi connectivity index (χ1) is 19.0. The number of fused-ring (bicyclic) bond motifs is 2. The Hall–Kier alpha value is -4.19. The van der Waals surface area contributed by atoms with Gasteiger partial charge in [0.05, 0.1) is 29.6 Å². The molecule has 4 heterocycles. The summed E-state index contributed by atoms with van der Waals surface area (Å²) in [5.41, 5.74) is 2.21. The molecule has 5 rings (SSSR count). The number of aryl methyl sites for hydroxylation is 2. The molecule has 1 atom stereocenters. The highest BCUT2D eigenvalue weighted by atomic mass is 19.1. The van der Waals surface area contributed by atoms with Crippen LogP contribution in [0.2, 0.25) is 0 Å². The second-order valence-corrected chi connectivity index (χ2v) is 11.0. The second kappa shape index (κ2) is 10.4. The van der Waals surface area contributed by atoms with Crippen LogP contribution in [0.5, 0.6) is 0 Å². The number of imidazole rings is 1. The zero-order valence-corrected chi connectivity index (χ0v) is 23.3. The number of nitrogens with zero attached hydrogens (tertiary/aromatic N) is 6. The van der Waals surface area contributed by atoms with Crippen LogP contribution in [0, 0.1) is 12.7 Å². The van der Waals surface area contributed by atoms with Crippen molar-refractivity contribution in [2.75, 3.05) is 36.5 Å². The maximum atomic E-state index is 14.6. The number of hydrogen-bond acceptors (Lipinski definition) is 7. The van der Waals surface area contributed by atoms with Gasteiger partial charge >= 0.3 is 6.09 Å². The number of amides is 2. The van der Waals surface area contributed by atoms with Gasteiger partial charge in [-0.3, -0.25) is 14.4 Å². The number of carbonyl (C=O) groups is 2. The number of nitrogens with one attached hydrogen (secondary N) is 1. The number of piperazine rings is 1. The summed E-state index contributed by atoms with van der Waals surface area (Å²) in [7, 11) is 0. The van der Waals surface area contributed by atoms with Crippen molar-refractivity contribution in [2.45, 2.75) is 52.8 Å². The van der Waals surface area contributed by atoms with E-state index in [1.165, 1.54) is 6.07 Å². The number of ether oxygens (including phenoxy) is 1. The van der Waals surface area contributed by atoms with Gasteiger partial charge in [-0.2, -0.15) is 5.10 Å². The van der Waals surface area contributed by atoms with Crippen molar-refractivity contribution in [1.29, 1.82) is 0 Å². The van der Waals surface area contributed by atoms with Crippen LogP contribution in [0.4, 0.5) is 20.6 Å². The number of anilines is 2. The van der Waals surface area contributed by atoms with E-state index in [1.54, 1.807) is 39.4 Å². The van der Waals surface area contributed by atoms with Gasteiger partial charge in [-0.1, -0.05) is 0 Å². The fraction of sp³-hybridized carbons (Fsp3) is 0.429. The lowest BCUT2D eigenvalue weighted by Gasteiger charge is -2.42. The van der Waals surface area contributed by atoms with Crippen LogP contribution in [0.15, 0.2) is 36.8 Å². The largest absolute Gasteiger partial charge is 0.444 e. The Kier molecular flexibility index (Phi) is 7.13. The predicted octanol–water partition coefficient (Wildman–Crippen LogP) is 3.82. The first-order valence-corrected chi connectivity index (χ1v) is 13.3. The molecule has 12 heteroatoms. The van der Waals surface area contributed by atoms with Crippen LogP contribution < -0.4 is 10.2 Å². The van der Waals surface area contributed by atoms with E-state index in [4.69, 9.17) is 4.74 Å². The molecule has 11 nitrogen and oxygen atoms in total. The normalized spacial score (nSPS) is 16.1. The molecule has 3 aromatic heterocycles. The summed E-state index contributed by atoms with van der Waals surface area (Å²) >= 11 is 0. The zero-order valence-electron chi connectivity index (χ0n) is 23.3. The Labute approximate surface area is 231 Å². The van der Waals surface area contributed by atoms with Crippen molar-refractivity contribution >= 4 is 39.9 Å². The van der Waals surface area contributed by atoms with Gasteiger partial charge in [-0.05, 0) is 46.8 Å². The van der Waals surface area contributed by atoms with Crippen molar-refractivity contribution in [3.63, 3.8) is 0 Å². The highest BCUT2D eigenvalue weighted by molar-refractivity contribution is 6.14. The number of halogens is 1. The van der Waals surface area contributed by atoms with Crippen molar-refractivity contribution < 1.29 is 23.8 Å². The number of hydrogen-bond donors (Lipinski definition) is 2. The summed E-state index contributed by atoms with van der Waals surface area (Å²) in [5.74, 6) is -0.956. The molecule has 0 aliphatic carbocycles. The minimum absolute atomic E-state index is 0.192. The van der Waals surface area contributed by atoms with Gasteiger partial charge in [0.2, 0.25) is 0 Å². The molecule has 0 unspecified atom stereocenters. The number of carbonyl (C=O) groups excluding carboxylic acids is 2. The van der Waals surface area contributed by atoms with E-state index in [-0.39, 0.29) is 12.3 Å². The van der Waals surface area contributed by atoms with Crippen LogP contribution in [-0.2, 0) is 11.3 Å². The third-order valence-electron chi connectivity index (χ3n) is 6.82. The van der Waals surface area contributed by atoms with Crippen LogP contribution in [-0.4, -0.2) is 79.1 Å². The molecule has 40 heavy (non-hydrogen) atoms. The van der Waals surface area contributed by atoms with Crippen molar-refractivity contribution in [2.24, 2.45) is 0 Å². The second-order valence-electron chi connectivity index (χ2n) is 11.0. The molecule has 1 aliphatic rings. The smallest absolute Gasteiger partial charge is 0.410 e. The lowest BCUT2D eigenvalue weighted by atomic mass is 10.1. The Morgan fingerprint density at radius 2 is 1.98 bits per heavy atom. The number of aliphatic hydroxyl groups is 1. The van der Waals surface area contributed by atoms with Gasteiger partial charge in [0, 0.05) is 61.9 Å². The standard InChI is InChI=1S/C28H34FN7O4/c1-6-35-15-21-23(33-9-10-36(19(14-33)16-37)27(39)40-28(3,4)5)8-7-20(24(21)32-35)26(38)31-18-11-22(29)25-30-17(2)12-34(25)13-18/h7-8,11-13,15,19,37H,6,9-10,14,16H2,1-5H3,(H,31,38)/t19-/m1/s1. The number of rotatable bonds is 5. The molecule has 0 bridgehead atoms. The number of pyridine rings is 1. The number of benzene rings is 1. The van der Waals surface area contributed by atoms with Gasteiger partial charge in [0.1, 0.15) is 11.1 Å². The third-order valence-corrected chi connectivity index (χ3v) is 6.82. The fourth-order valence-electron chi connectivity index (χ4n) is 5.00. The first-order valence-electron chi connectivity index (χ1n) is 13.3. The van der Waals surface area contributed by atoms with E-state index in [0.717, 1.165) is 11.1 Å². The number of aromatic nitrogens is 4. The summed E-state index contributed by atoms with van der Waals surface area (Å²) in [5, 5.41) is 18.3. The molecule has 1 saturated heterocycles. The van der Waals surface area contributed by atoms with Gasteiger partial charge in [-0.25, -0.2) is 14.2 Å². The monoisotopic (exact) mass is 551 g/mol. The highest BCUT2D eigenvalue weighted by Crippen LogP contribution is 2.31. The Morgan fingerprint density at radius 1 is 1.20 bits per heavy atom. The summed E-state index contributed by atoms with van der Waals surface area (Å²) in [6, 6.07) is 4.33. The van der Waals surface area contributed by atoms with Crippen molar-refractivity contribution in [3.05, 3.63) is 53.9 Å².